The highest BCUT2D eigenvalue weighted by molar-refractivity contribution is 5.76. The first-order chi connectivity index (χ1) is 14.9. The van der Waals surface area contributed by atoms with Crippen molar-refractivity contribution in [3.05, 3.63) is 47.5 Å². The van der Waals surface area contributed by atoms with Crippen molar-refractivity contribution in [1.29, 1.82) is 0 Å². The lowest BCUT2D eigenvalue weighted by atomic mass is 9.98. The molecule has 0 spiro atoms. The molecule has 0 heterocycles. The summed E-state index contributed by atoms with van der Waals surface area (Å²) in [6.45, 7) is 2.67. The molecule has 0 fully saturated rings. The van der Waals surface area contributed by atoms with Gasteiger partial charge in [-0.05, 0) is 47.7 Å². The molecule has 2 rings (SSSR count). The van der Waals surface area contributed by atoms with E-state index in [1.807, 2.05) is 37.4 Å². The van der Waals surface area contributed by atoms with Crippen LogP contribution in [0.5, 0.6) is 11.5 Å². The first-order valence-electron chi connectivity index (χ1n) is 10.7. The predicted molar refractivity (Wildman–Crippen MR) is 122 cm³/mol. The number of amides is 1. The van der Waals surface area contributed by atoms with Gasteiger partial charge in [0, 0.05) is 32.0 Å². The summed E-state index contributed by atoms with van der Waals surface area (Å²) in [7, 11) is 4.97. The zero-order valence-electron chi connectivity index (χ0n) is 18.9. The number of aliphatic carboxylic acids is 1. The topological polar surface area (TPSA) is 76.1 Å². The molecular formula is C25H33NO5. The van der Waals surface area contributed by atoms with Gasteiger partial charge in [0.25, 0.3) is 0 Å². The summed E-state index contributed by atoms with van der Waals surface area (Å²) < 4.78 is 11.1. The van der Waals surface area contributed by atoms with Gasteiger partial charge in [-0.3, -0.25) is 9.59 Å². The van der Waals surface area contributed by atoms with Crippen molar-refractivity contribution in [2.24, 2.45) is 0 Å². The molecule has 0 radical (unpaired) electrons. The van der Waals surface area contributed by atoms with Crippen LogP contribution in [0.4, 0.5) is 0 Å². The normalized spacial score (nSPS) is 10.6. The second-order valence-electron chi connectivity index (χ2n) is 7.66. The van der Waals surface area contributed by atoms with Gasteiger partial charge in [0.05, 0.1) is 14.2 Å². The van der Waals surface area contributed by atoms with Gasteiger partial charge in [0.1, 0.15) is 11.5 Å². The number of carboxylic acid groups (broad SMARTS) is 1. The lowest BCUT2D eigenvalue weighted by Gasteiger charge is -2.18. The van der Waals surface area contributed by atoms with E-state index in [0.29, 0.717) is 30.9 Å². The number of ether oxygens (including phenoxy) is 2. The van der Waals surface area contributed by atoms with Gasteiger partial charge < -0.3 is 19.5 Å². The number of hydrogen-bond acceptors (Lipinski definition) is 4. The van der Waals surface area contributed by atoms with E-state index in [2.05, 4.69) is 13.0 Å². The molecule has 6 heteroatoms. The number of nitrogens with zero attached hydrogens (tertiary/aromatic N) is 1. The molecule has 0 aliphatic heterocycles. The molecule has 0 aliphatic carbocycles. The minimum Gasteiger partial charge on any atom is -0.496 e. The molecule has 1 N–H and O–H groups in total. The average molecular weight is 428 g/mol. The minimum absolute atomic E-state index is 0.000170. The molecule has 1 amide bonds. The Labute approximate surface area is 184 Å². The molecule has 0 bridgehead atoms. The van der Waals surface area contributed by atoms with Crippen molar-refractivity contribution in [3.63, 3.8) is 0 Å². The van der Waals surface area contributed by atoms with Crippen LogP contribution in [0.3, 0.4) is 0 Å². The Kier molecular flexibility index (Phi) is 9.38. The first-order valence-corrected chi connectivity index (χ1v) is 10.7. The number of hydrogen-bond donors (Lipinski definition) is 1. The van der Waals surface area contributed by atoms with Gasteiger partial charge in [0.15, 0.2) is 0 Å². The lowest BCUT2D eigenvalue weighted by Crippen LogP contribution is -2.25. The maximum absolute atomic E-state index is 12.3. The molecule has 0 saturated heterocycles. The fourth-order valence-electron chi connectivity index (χ4n) is 3.56. The smallest absolute Gasteiger partial charge is 0.303 e. The molecule has 31 heavy (non-hydrogen) atoms. The molecule has 0 saturated carbocycles. The number of rotatable bonds is 12. The zero-order chi connectivity index (χ0) is 22.8. The van der Waals surface area contributed by atoms with Crippen LogP contribution in [0.1, 0.15) is 50.2 Å². The van der Waals surface area contributed by atoms with Crippen LogP contribution in [0.2, 0.25) is 0 Å². The van der Waals surface area contributed by atoms with Gasteiger partial charge in [-0.1, -0.05) is 38.0 Å². The van der Waals surface area contributed by atoms with E-state index >= 15 is 0 Å². The third-order valence-corrected chi connectivity index (χ3v) is 5.30. The Morgan fingerprint density at radius 1 is 0.968 bits per heavy atom. The monoisotopic (exact) mass is 427 g/mol. The Morgan fingerprint density at radius 3 is 2.23 bits per heavy atom. The van der Waals surface area contributed by atoms with E-state index in [0.717, 1.165) is 41.5 Å². The van der Waals surface area contributed by atoms with Crippen molar-refractivity contribution in [3.8, 4) is 22.6 Å². The Balaban J connectivity index is 2.25. The minimum atomic E-state index is -0.866. The van der Waals surface area contributed by atoms with Gasteiger partial charge in [-0.15, -0.1) is 0 Å². The molecule has 168 valence electrons. The highest BCUT2D eigenvalue weighted by Crippen LogP contribution is 2.36. The molecule has 6 nitrogen and oxygen atoms in total. The first kappa shape index (κ1) is 24.3. The van der Waals surface area contributed by atoms with Crippen LogP contribution in [-0.4, -0.2) is 43.2 Å². The van der Waals surface area contributed by atoms with Crippen molar-refractivity contribution < 1.29 is 24.2 Å². The highest BCUT2D eigenvalue weighted by atomic mass is 16.5. The lowest BCUT2D eigenvalue weighted by molar-refractivity contribution is -0.137. The van der Waals surface area contributed by atoms with Crippen LogP contribution in [0, 0.1) is 0 Å². The maximum Gasteiger partial charge on any atom is 0.303 e. The fraction of sp³-hybridized carbons (Fsp3) is 0.440. The second-order valence-corrected chi connectivity index (χ2v) is 7.66. The summed E-state index contributed by atoms with van der Waals surface area (Å²) in [5, 5.41) is 9.03. The summed E-state index contributed by atoms with van der Waals surface area (Å²) in [6.07, 6.45) is 4.00. The summed E-state index contributed by atoms with van der Waals surface area (Å²) in [5.41, 5.74) is 3.67. The fourth-order valence-corrected chi connectivity index (χ4v) is 3.56. The highest BCUT2D eigenvalue weighted by Gasteiger charge is 2.15. The molecule has 0 aliphatic rings. The van der Waals surface area contributed by atoms with E-state index in [1.165, 1.54) is 0 Å². The zero-order valence-corrected chi connectivity index (χ0v) is 18.9. The largest absolute Gasteiger partial charge is 0.496 e. The third kappa shape index (κ3) is 7.02. The predicted octanol–water partition coefficient (Wildman–Crippen LogP) is 4.93. The van der Waals surface area contributed by atoms with E-state index < -0.39 is 5.97 Å². The number of unbranched alkanes of at least 4 members (excludes halogenated alkanes) is 2. The van der Waals surface area contributed by atoms with Crippen molar-refractivity contribution in [2.75, 3.05) is 21.3 Å². The van der Waals surface area contributed by atoms with Crippen molar-refractivity contribution in [2.45, 2.75) is 52.0 Å². The Morgan fingerprint density at radius 2 is 1.65 bits per heavy atom. The quantitative estimate of drug-likeness (QED) is 0.486. The number of carbonyl (C=O) groups is 2. The second kappa shape index (κ2) is 12.0. The van der Waals surface area contributed by atoms with Gasteiger partial charge >= 0.3 is 5.97 Å². The molecule has 0 aromatic heterocycles. The molecule has 0 unspecified atom stereocenters. The molecule has 0 atom stereocenters. The SMILES string of the molecule is CCCCCC(=O)N(C)Cc1cccc(-c2cc(OC)c(CCC(=O)O)c(OC)c2)c1. The van der Waals surface area contributed by atoms with Crippen LogP contribution < -0.4 is 9.47 Å². The van der Waals surface area contributed by atoms with Gasteiger partial charge in [-0.2, -0.15) is 0 Å². The standard InChI is InChI=1S/C25H33NO5/c1-5-6-7-11-24(27)26(2)17-18-9-8-10-19(14-18)20-15-22(30-3)21(12-13-25(28)29)23(16-20)31-4/h8-10,14-16H,5-7,11-13,17H2,1-4H3,(H,28,29). The summed E-state index contributed by atoms with van der Waals surface area (Å²) in [6, 6.07) is 11.8. The van der Waals surface area contributed by atoms with Gasteiger partial charge in [-0.25, -0.2) is 0 Å². The number of carbonyl (C=O) groups excluding carboxylic acids is 1. The summed E-state index contributed by atoms with van der Waals surface area (Å²) in [4.78, 5) is 25.1. The number of benzene rings is 2. The summed E-state index contributed by atoms with van der Waals surface area (Å²) in [5.74, 6) is 0.493. The average Bonchev–Trinajstić information content (AvgIpc) is 2.77. The van der Waals surface area contributed by atoms with E-state index in [9.17, 15) is 9.59 Å². The van der Waals surface area contributed by atoms with E-state index in [1.54, 1.807) is 19.1 Å². The Hall–Kier alpha value is -3.02. The Bertz CT molecular complexity index is 868. The van der Waals surface area contributed by atoms with Crippen LogP contribution in [-0.2, 0) is 22.6 Å². The number of carboxylic acids is 1. The van der Waals surface area contributed by atoms with Crippen molar-refractivity contribution in [1.82, 2.24) is 4.90 Å². The molecular weight excluding hydrogens is 394 g/mol. The van der Waals surface area contributed by atoms with E-state index in [-0.39, 0.29) is 12.3 Å². The third-order valence-electron chi connectivity index (χ3n) is 5.30. The molecule has 2 aromatic rings. The van der Waals surface area contributed by atoms with E-state index in [4.69, 9.17) is 14.6 Å². The number of methoxy groups -OCH3 is 2. The van der Waals surface area contributed by atoms with Crippen LogP contribution >= 0.6 is 0 Å². The van der Waals surface area contributed by atoms with Crippen LogP contribution in [0.25, 0.3) is 11.1 Å². The molecule has 2 aromatic carbocycles. The van der Waals surface area contributed by atoms with Gasteiger partial charge in [0.2, 0.25) is 5.91 Å². The van der Waals surface area contributed by atoms with Crippen molar-refractivity contribution >= 4 is 11.9 Å². The van der Waals surface area contributed by atoms with Crippen LogP contribution in [0.15, 0.2) is 36.4 Å². The summed E-state index contributed by atoms with van der Waals surface area (Å²) >= 11 is 0. The maximum atomic E-state index is 12.3.